The van der Waals surface area contributed by atoms with E-state index in [0.717, 1.165) is 22.3 Å². The number of benzene rings is 2. The number of aromatic nitrogens is 2. The maximum atomic E-state index is 13.2. The molecule has 128 valence electrons. The number of rotatable bonds is 1. The lowest BCUT2D eigenvalue weighted by molar-refractivity contribution is -0.113. The van der Waals surface area contributed by atoms with E-state index in [1.54, 1.807) is 9.30 Å². The van der Waals surface area contributed by atoms with E-state index in [9.17, 15) is 9.59 Å². The zero-order valence-corrected chi connectivity index (χ0v) is 15.1. The van der Waals surface area contributed by atoms with Gasteiger partial charge in [0.05, 0.1) is 22.3 Å². The SMILES string of the molecule is CC(C)N1C(=O)/C(=c2\sc3nc4ccccc4n3c2=O)c2ccccc21. The van der Waals surface area contributed by atoms with Gasteiger partial charge < -0.3 is 4.90 Å². The largest absolute Gasteiger partial charge is 0.305 e. The molecule has 0 spiro atoms. The molecular formula is C20H15N3O2S. The molecule has 2 aromatic carbocycles. The number of para-hydroxylation sites is 3. The Morgan fingerprint density at radius 1 is 1.00 bits per heavy atom. The highest BCUT2D eigenvalue weighted by Crippen LogP contribution is 2.36. The highest BCUT2D eigenvalue weighted by Gasteiger charge is 2.35. The molecule has 1 amide bonds. The van der Waals surface area contributed by atoms with Crippen LogP contribution in [0.3, 0.4) is 0 Å². The van der Waals surface area contributed by atoms with E-state index in [2.05, 4.69) is 4.98 Å². The summed E-state index contributed by atoms with van der Waals surface area (Å²) in [5.74, 6) is -0.118. The van der Waals surface area contributed by atoms with Crippen LogP contribution in [0.5, 0.6) is 0 Å². The lowest BCUT2D eigenvalue weighted by Crippen LogP contribution is -2.36. The molecular weight excluding hydrogens is 346 g/mol. The van der Waals surface area contributed by atoms with Crippen molar-refractivity contribution in [3.05, 3.63) is 69.0 Å². The number of imidazole rings is 1. The van der Waals surface area contributed by atoms with Crippen molar-refractivity contribution in [1.82, 2.24) is 9.38 Å². The van der Waals surface area contributed by atoms with Crippen LogP contribution in [0.25, 0.3) is 21.6 Å². The summed E-state index contributed by atoms with van der Waals surface area (Å²) in [7, 11) is 0. The Morgan fingerprint density at radius 2 is 1.73 bits per heavy atom. The second-order valence-electron chi connectivity index (χ2n) is 6.62. The summed E-state index contributed by atoms with van der Waals surface area (Å²) in [4.78, 5) is 33.2. The molecule has 0 N–H and O–H groups in total. The van der Waals surface area contributed by atoms with Crippen LogP contribution in [0.15, 0.2) is 53.3 Å². The Labute approximate surface area is 152 Å². The molecule has 3 heterocycles. The lowest BCUT2D eigenvalue weighted by Gasteiger charge is -2.21. The Hall–Kier alpha value is -2.99. The van der Waals surface area contributed by atoms with Crippen LogP contribution in [0.4, 0.5) is 5.69 Å². The van der Waals surface area contributed by atoms with Crippen LogP contribution >= 0.6 is 11.3 Å². The van der Waals surface area contributed by atoms with Crippen LogP contribution in [-0.2, 0) is 4.79 Å². The fourth-order valence-electron chi connectivity index (χ4n) is 3.64. The summed E-state index contributed by atoms with van der Waals surface area (Å²) < 4.78 is 2.06. The van der Waals surface area contributed by atoms with E-state index in [1.165, 1.54) is 11.3 Å². The first kappa shape index (κ1) is 15.3. The molecule has 6 heteroatoms. The number of carbonyl (C=O) groups is 1. The quantitative estimate of drug-likeness (QED) is 0.524. The van der Waals surface area contributed by atoms with Crippen molar-refractivity contribution in [2.75, 3.05) is 4.90 Å². The minimum atomic E-state index is -0.178. The third kappa shape index (κ3) is 1.87. The summed E-state index contributed by atoms with van der Waals surface area (Å²) in [6, 6.07) is 15.2. The first-order valence-corrected chi connectivity index (χ1v) is 9.27. The molecule has 0 saturated carbocycles. The van der Waals surface area contributed by atoms with Gasteiger partial charge in [-0.05, 0) is 32.0 Å². The van der Waals surface area contributed by atoms with Gasteiger partial charge in [-0.2, -0.15) is 0 Å². The van der Waals surface area contributed by atoms with Gasteiger partial charge in [0.15, 0.2) is 4.96 Å². The normalized spacial score (nSPS) is 16.3. The predicted molar refractivity (Wildman–Crippen MR) is 104 cm³/mol. The maximum absolute atomic E-state index is 13.2. The number of hydrogen-bond donors (Lipinski definition) is 0. The Bertz CT molecular complexity index is 1320. The highest BCUT2D eigenvalue weighted by atomic mass is 32.1. The average Bonchev–Trinajstić information content (AvgIpc) is 3.23. The first-order chi connectivity index (χ1) is 12.6. The third-order valence-corrected chi connectivity index (χ3v) is 5.77. The monoisotopic (exact) mass is 361 g/mol. The van der Waals surface area contributed by atoms with Crippen LogP contribution in [-0.4, -0.2) is 21.3 Å². The highest BCUT2D eigenvalue weighted by molar-refractivity contribution is 7.15. The zero-order valence-electron chi connectivity index (χ0n) is 14.3. The smallest absolute Gasteiger partial charge is 0.275 e. The summed E-state index contributed by atoms with van der Waals surface area (Å²) in [5, 5.41) is 0. The van der Waals surface area contributed by atoms with Gasteiger partial charge in [0.2, 0.25) is 0 Å². The Kier molecular flexibility index (Phi) is 3.09. The Morgan fingerprint density at radius 3 is 2.54 bits per heavy atom. The van der Waals surface area contributed by atoms with Crippen molar-refractivity contribution in [3.63, 3.8) is 0 Å². The van der Waals surface area contributed by atoms with Gasteiger partial charge in [-0.15, -0.1) is 0 Å². The van der Waals surface area contributed by atoms with E-state index in [4.69, 9.17) is 0 Å². The number of carbonyl (C=O) groups excluding carboxylic acids is 1. The van der Waals surface area contributed by atoms with E-state index in [-0.39, 0.29) is 17.5 Å². The van der Waals surface area contributed by atoms with Gasteiger partial charge in [0, 0.05) is 11.6 Å². The molecule has 5 rings (SSSR count). The summed E-state index contributed by atoms with van der Waals surface area (Å²) in [6.45, 7) is 3.95. The van der Waals surface area contributed by atoms with Crippen molar-refractivity contribution >= 4 is 44.5 Å². The molecule has 0 bridgehead atoms. The molecule has 5 nitrogen and oxygen atoms in total. The van der Waals surface area contributed by atoms with Crippen LogP contribution < -0.4 is 15.0 Å². The molecule has 0 atom stereocenters. The zero-order chi connectivity index (χ0) is 18.0. The summed E-state index contributed by atoms with van der Waals surface area (Å²) in [6.07, 6.45) is 0. The second-order valence-corrected chi connectivity index (χ2v) is 7.59. The molecule has 1 aliphatic rings. The fraction of sp³-hybridized carbons (Fsp3) is 0.150. The minimum Gasteiger partial charge on any atom is -0.305 e. The number of amides is 1. The molecule has 1 aliphatic heterocycles. The molecule has 26 heavy (non-hydrogen) atoms. The fourth-order valence-corrected chi connectivity index (χ4v) is 4.71. The average molecular weight is 361 g/mol. The van der Waals surface area contributed by atoms with Gasteiger partial charge >= 0.3 is 0 Å². The van der Waals surface area contributed by atoms with Crippen LogP contribution in [0.1, 0.15) is 19.4 Å². The van der Waals surface area contributed by atoms with E-state index in [0.29, 0.717) is 15.1 Å². The number of hydrogen-bond acceptors (Lipinski definition) is 4. The lowest BCUT2D eigenvalue weighted by atomic mass is 10.1. The predicted octanol–water partition coefficient (Wildman–Crippen LogP) is 2.58. The van der Waals surface area contributed by atoms with Gasteiger partial charge in [-0.3, -0.25) is 9.59 Å². The number of fused-ring (bicyclic) bond motifs is 4. The van der Waals surface area contributed by atoms with Crippen LogP contribution in [0, 0.1) is 0 Å². The Balaban J connectivity index is 1.92. The minimum absolute atomic E-state index is 0.0149. The van der Waals surface area contributed by atoms with Crippen molar-refractivity contribution in [2.45, 2.75) is 19.9 Å². The van der Waals surface area contributed by atoms with Gasteiger partial charge in [-0.1, -0.05) is 41.7 Å². The van der Waals surface area contributed by atoms with E-state index >= 15 is 0 Å². The number of anilines is 1. The third-order valence-electron chi connectivity index (χ3n) is 4.73. The van der Waals surface area contributed by atoms with Crippen molar-refractivity contribution in [3.8, 4) is 0 Å². The van der Waals surface area contributed by atoms with Crippen molar-refractivity contribution in [1.29, 1.82) is 0 Å². The molecule has 2 aromatic heterocycles. The van der Waals surface area contributed by atoms with Gasteiger partial charge in [-0.25, -0.2) is 9.38 Å². The first-order valence-electron chi connectivity index (χ1n) is 8.45. The van der Waals surface area contributed by atoms with Crippen molar-refractivity contribution < 1.29 is 4.79 Å². The molecule has 4 aromatic rings. The topological polar surface area (TPSA) is 54.7 Å². The summed E-state index contributed by atoms with van der Waals surface area (Å²) in [5.41, 5.74) is 3.54. The van der Waals surface area contributed by atoms with Gasteiger partial charge in [0.25, 0.3) is 11.5 Å². The van der Waals surface area contributed by atoms with Gasteiger partial charge in [0.1, 0.15) is 4.53 Å². The van der Waals surface area contributed by atoms with E-state index < -0.39 is 0 Å². The molecule has 0 fully saturated rings. The van der Waals surface area contributed by atoms with Crippen molar-refractivity contribution in [2.24, 2.45) is 0 Å². The van der Waals surface area contributed by atoms with Crippen LogP contribution in [0.2, 0.25) is 0 Å². The molecule has 0 radical (unpaired) electrons. The maximum Gasteiger partial charge on any atom is 0.275 e. The molecule has 0 unspecified atom stereocenters. The number of nitrogens with zero attached hydrogens (tertiary/aromatic N) is 3. The molecule has 0 aliphatic carbocycles. The summed E-state index contributed by atoms with van der Waals surface area (Å²) >= 11 is 1.28. The second kappa shape index (κ2) is 5.25. The standard InChI is InChI=1S/C20H15N3O2S/c1-11(2)22-14-9-5-3-7-12(14)16(18(22)24)17-19(25)23-15-10-6-4-8-13(15)21-20(23)26-17/h3-11H,1-2H3/b17-16-. The number of thiazole rings is 1. The van der Waals surface area contributed by atoms with E-state index in [1.807, 2.05) is 62.4 Å². The molecule has 0 saturated heterocycles.